The quantitative estimate of drug-likeness (QED) is 0.718. The number of rotatable bonds is 7. The summed E-state index contributed by atoms with van der Waals surface area (Å²) in [5.74, 6) is 0.784. The molecular formula is C10H21N5O. The van der Waals surface area contributed by atoms with Crippen LogP contribution in [0.4, 0.5) is 0 Å². The molecule has 0 aliphatic carbocycles. The highest BCUT2D eigenvalue weighted by Crippen LogP contribution is 2.07. The van der Waals surface area contributed by atoms with E-state index < -0.39 is 0 Å². The van der Waals surface area contributed by atoms with Crippen molar-refractivity contribution in [2.24, 2.45) is 7.05 Å². The first kappa shape index (κ1) is 13.1. The Bertz CT molecular complexity index is 301. The van der Waals surface area contributed by atoms with E-state index in [1.807, 2.05) is 7.05 Å². The molecule has 0 saturated carbocycles. The molecule has 0 aliphatic rings. The molecule has 0 aromatic carbocycles. The third-order valence-electron chi connectivity index (χ3n) is 2.71. The molecule has 6 heteroatoms. The number of ether oxygens (including phenoxy) is 1. The van der Waals surface area contributed by atoms with Gasteiger partial charge in [-0.25, -0.2) is 0 Å². The number of methoxy groups -OCH3 is 1. The summed E-state index contributed by atoms with van der Waals surface area (Å²) in [6.45, 7) is 2.08. The van der Waals surface area contributed by atoms with E-state index in [2.05, 4.69) is 27.7 Å². The van der Waals surface area contributed by atoms with Crippen LogP contribution in [0.1, 0.15) is 25.6 Å². The standard InChI is InChI=1S/C10H21N5O/c1-8(16-4)5-6-9(11-2)7-10-12-14-15(3)13-10/h8-9,11H,5-7H2,1-4H3. The fraction of sp³-hybridized carbons (Fsp3) is 0.900. The van der Waals surface area contributed by atoms with Gasteiger partial charge < -0.3 is 10.1 Å². The summed E-state index contributed by atoms with van der Waals surface area (Å²) >= 11 is 0. The van der Waals surface area contributed by atoms with Crippen molar-refractivity contribution in [2.75, 3.05) is 14.2 Å². The van der Waals surface area contributed by atoms with Crippen LogP contribution in [-0.4, -0.2) is 46.5 Å². The van der Waals surface area contributed by atoms with Gasteiger partial charge in [-0.15, -0.1) is 10.2 Å². The van der Waals surface area contributed by atoms with Gasteiger partial charge in [0.15, 0.2) is 5.82 Å². The second-order valence-electron chi connectivity index (χ2n) is 4.01. The second-order valence-corrected chi connectivity index (χ2v) is 4.01. The minimum atomic E-state index is 0.297. The Morgan fingerprint density at radius 1 is 1.44 bits per heavy atom. The molecule has 1 N–H and O–H groups in total. The van der Waals surface area contributed by atoms with Gasteiger partial charge in [0.1, 0.15) is 0 Å². The molecule has 2 atom stereocenters. The fourth-order valence-electron chi connectivity index (χ4n) is 1.53. The van der Waals surface area contributed by atoms with Crippen molar-refractivity contribution in [1.29, 1.82) is 0 Å². The van der Waals surface area contributed by atoms with Crippen molar-refractivity contribution >= 4 is 0 Å². The molecule has 1 rings (SSSR count). The topological polar surface area (TPSA) is 64.9 Å². The van der Waals surface area contributed by atoms with E-state index in [0.29, 0.717) is 12.1 Å². The van der Waals surface area contributed by atoms with Gasteiger partial charge >= 0.3 is 0 Å². The van der Waals surface area contributed by atoms with E-state index in [9.17, 15) is 0 Å². The molecule has 0 spiro atoms. The molecule has 1 heterocycles. The zero-order valence-electron chi connectivity index (χ0n) is 10.5. The number of nitrogens with one attached hydrogen (secondary N) is 1. The summed E-state index contributed by atoms with van der Waals surface area (Å²) in [6.07, 6.45) is 3.18. The lowest BCUT2D eigenvalue weighted by molar-refractivity contribution is 0.106. The maximum Gasteiger partial charge on any atom is 0.176 e. The third-order valence-corrected chi connectivity index (χ3v) is 2.71. The maximum absolute atomic E-state index is 5.22. The second kappa shape index (κ2) is 6.55. The lowest BCUT2D eigenvalue weighted by Gasteiger charge is -2.16. The van der Waals surface area contributed by atoms with Crippen LogP contribution in [0.5, 0.6) is 0 Å². The zero-order valence-corrected chi connectivity index (χ0v) is 10.5. The molecule has 0 radical (unpaired) electrons. The predicted octanol–water partition coefficient (Wildman–Crippen LogP) is 0.156. The molecule has 6 nitrogen and oxygen atoms in total. The van der Waals surface area contributed by atoms with E-state index in [0.717, 1.165) is 25.1 Å². The van der Waals surface area contributed by atoms with Gasteiger partial charge in [-0.1, -0.05) is 0 Å². The number of nitrogens with zero attached hydrogens (tertiary/aromatic N) is 4. The SMILES string of the molecule is CNC(CCC(C)OC)Cc1nnn(C)n1. The first-order valence-corrected chi connectivity index (χ1v) is 5.58. The van der Waals surface area contributed by atoms with Crippen LogP contribution >= 0.6 is 0 Å². The van der Waals surface area contributed by atoms with Gasteiger partial charge in [-0.3, -0.25) is 0 Å². The highest BCUT2D eigenvalue weighted by molar-refractivity contribution is 4.84. The Hall–Kier alpha value is -1.01. The fourth-order valence-corrected chi connectivity index (χ4v) is 1.53. The summed E-state index contributed by atoms with van der Waals surface area (Å²) in [4.78, 5) is 1.49. The van der Waals surface area contributed by atoms with Crippen molar-refractivity contribution in [3.63, 3.8) is 0 Å². The number of aryl methyl sites for hydroxylation is 1. The molecule has 2 unspecified atom stereocenters. The Morgan fingerprint density at radius 3 is 2.69 bits per heavy atom. The van der Waals surface area contributed by atoms with E-state index >= 15 is 0 Å². The van der Waals surface area contributed by atoms with Crippen molar-refractivity contribution in [1.82, 2.24) is 25.5 Å². The summed E-state index contributed by atoms with van der Waals surface area (Å²) < 4.78 is 5.22. The largest absolute Gasteiger partial charge is 0.382 e. The van der Waals surface area contributed by atoms with E-state index in [-0.39, 0.29) is 0 Å². The maximum atomic E-state index is 5.22. The summed E-state index contributed by atoms with van der Waals surface area (Å²) in [7, 11) is 5.47. The van der Waals surface area contributed by atoms with Gasteiger partial charge in [0.2, 0.25) is 0 Å². The molecular weight excluding hydrogens is 206 g/mol. The van der Waals surface area contributed by atoms with Crippen molar-refractivity contribution in [2.45, 2.75) is 38.3 Å². The van der Waals surface area contributed by atoms with Gasteiger partial charge in [0, 0.05) is 19.6 Å². The summed E-state index contributed by atoms with van der Waals surface area (Å²) in [6, 6.07) is 0.377. The van der Waals surface area contributed by atoms with Gasteiger partial charge in [0.25, 0.3) is 0 Å². The molecule has 0 bridgehead atoms. The number of tetrazole rings is 1. The predicted molar refractivity (Wildman–Crippen MR) is 61.1 cm³/mol. The molecule has 0 fully saturated rings. The van der Waals surface area contributed by atoms with Crippen LogP contribution in [0.2, 0.25) is 0 Å². The molecule has 0 saturated heterocycles. The highest BCUT2D eigenvalue weighted by Gasteiger charge is 2.12. The Kier molecular flexibility index (Phi) is 5.34. The van der Waals surface area contributed by atoms with E-state index in [4.69, 9.17) is 4.74 Å². The molecule has 16 heavy (non-hydrogen) atoms. The first-order chi connectivity index (χ1) is 7.65. The third kappa shape index (κ3) is 4.24. The van der Waals surface area contributed by atoms with Crippen LogP contribution in [-0.2, 0) is 18.2 Å². The monoisotopic (exact) mass is 227 g/mol. The molecule has 1 aromatic heterocycles. The molecule has 92 valence electrons. The van der Waals surface area contributed by atoms with Crippen molar-refractivity contribution in [3.05, 3.63) is 5.82 Å². The Labute approximate surface area is 96.4 Å². The Balaban J connectivity index is 2.37. The first-order valence-electron chi connectivity index (χ1n) is 5.58. The van der Waals surface area contributed by atoms with Crippen LogP contribution in [0, 0.1) is 0 Å². The average molecular weight is 227 g/mol. The normalized spacial score (nSPS) is 15.0. The van der Waals surface area contributed by atoms with Gasteiger partial charge in [0.05, 0.1) is 13.2 Å². The number of aromatic nitrogens is 4. The van der Waals surface area contributed by atoms with E-state index in [1.54, 1.807) is 14.2 Å². The van der Waals surface area contributed by atoms with E-state index in [1.165, 1.54) is 4.80 Å². The van der Waals surface area contributed by atoms with Crippen molar-refractivity contribution < 1.29 is 4.74 Å². The molecule has 0 amide bonds. The number of likely N-dealkylation sites (N-methyl/N-ethyl adjacent to an activating group) is 1. The van der Waals surface area contributed by atoms with Crippen LogP contribution in [0.3, 0.4) is 0 Å². The number of hydrogen-bond donors (Lipinski definition) is 1. The summed E-state index contributed by atoms with van der Waals surface area (Å²) in [5.41, 5.74) is 0. The van der Waals surface area contributed by atoms with Gasteiger partial charge in [-0.05, 0) is 32.0 Å². The van der Waals surface area contributed by atoms with Crippen LogP contribution in [0.15, 0.2) is 0 Å². The molecule has 0 aliphatic heterocycles. The lowest BCUT2D eigenvalue weighted by Crippen LogP contribution is -2.29. The van der Waals surface area contributed by atoms with Crippen LogP contribution < -0.4 is 5.32 Å². The minimum absolute atomic E-state index is 0.297. The smallest absolute Gasteiger partial charge is 0.176 e. The average Bonchev–Trinajstić information content (AvgIpc) is 2.69. The lowest BCUT2D eigenvalue weighted by atomic mass is 10.1. The summed E-state index contributed by atoms with van der Waals surface area (Å²) in [5, 5.41) is 15.2. The zero-order chi connectivity index (χ0) is 12.0. The minimum Gasteiger partial charge on any atom is -0.382 e. The van der Waals surface area contributed by atoms with Crippen LogP contribution in [0.25, 0.3) is 0 Å². The number of hydrogen-bond acceptors (Lipinski definition) is 5. The highest BCUT2D eigenvalue weighted by atomic mass is 16.5. The van der Waals surface area contributed by atoms with Gasteiger partial charge in [-0.2, -0.15) is 4.80 Å². The molecule has 1 aromatic rings. The van der Waals surface area contributed by atoms with Crippen molar-refractivity contribution in [3.8, 4) is 0 Å². The Morgan fingerprint density at radius 2 is 2.19 bits per heavy atom.